The number of aromatic nitrogens is 4. The molecule has 4 aromatic rings. The average Bonchev–Trinajstić information content (AvgIpc) is 3.42. The molecule has 176 valence electrons. The van der Waals surface area contributed by atoms with E-state index in [0.717, 1.165) is 22.1 Å². The van der Waals surface area contributed by atoms with Gasteiger partial charge < -0.3 is 29.8 Å². The number of halogens is 1. The predicted octanol–water partition coefficient (Wildman–Crippen LogP) is 2.80. The molecule has 0 radical (unpaired) electrons. The van der Waals surface area contributed by atoms with Crippen LogP contribution in [0, 0.1) is 17.3 Å². The van der Waals surface area contributed by atoms with E-state index in [2.05, 4.69) is 30.6 Å². The van der Waals surface area contributed by atoms with Gasteiger partial charge in [-0.05, 0) is 29.8 Å². The van der Waals surface area contributed by atoms with Gasteiger partial charge in [0.15, 0.2) is 5.82 Å². The minimum Gasteiger partial charge on any atom is -0.383 e. The highest BCUT2D eigenvalue weighted by atomic mass is 19.1. The molecule has 0 saturated carbocycles. The topological polar surface area (TPSA) is 119 Å². The van der Waals surface area contributed by atoms with Crippen molar-refractivity contribution in [1.82, 2.24) is 29.7 Å². The van der Waals surface area contributed by atoms with Crippen molar-refractivity contribution in [3.63, 3.8) is 0 Å². The molecule has 0 saturated heterocycles. The lowest BCUT2D eigenvalue weighted by Crippen LogP contribution is -2.40. The van der Waals surface area contributed by atoms with Gasteiger partial charge in [-0.25, -0.2) is 14.4 Å². The number of hydrogen-bond acceptors (Lipinski definition) is 6. The first-order valence-electron chi connectivity index (χ1n) is 10.7. The summed E-state index contributed by atoms with van der Waals surface area (Å²) in [5.41, 5.74) is 4.52. The van der Waals surface area contributed by atoms with Gasteiger partial charge in [0.2, 0.25) is 12.2 Å². The molecule has 10 nitrogen and oxygen atoms in total. The van der Waals surface area contributed by atoms with E-state index in [4.69, 9.17) is 10.00 Å². The molecular formula is C23H26FN9O. The molecule has 1 aromatic carbocycles. The van der Waals surface area contributed by atoms with Crippen LogP contribution in [0.15, 0.2) is 35.6 Å². The number of benzene rings is 1. The van der Waals surface area contributed by atoms with E-state index < -0.39 is 0 Å². The van der Waals surface area contributed by atoms with E-state index in [1.54, 1.807) is 38.6 Å². The van der Waals surface area contributed by atoms with E-state index in [1.165, 1.54) is 12.1 Å². The minimum absolute atomic E-state index is 0.289. The Kier molecular flexibility index (Phi) is 6.60. The van der Waals surface area contributed by atoms with Crippen LogP contribution >= 0.6 is 0 Å². The largest absolute Gasteiger partial charge is 0.383 e. The number of likely N-dealkylation sites (N-methyl/N-ethyl adjacent to an activating group) is 1. The SMILES string of the molecule is CNc1nc2[nH]c(-c3cc(F)cc(CN/C(=N/C#N)N(C)CCOC)c3)cc2c2c1ncn2C. The van der Waals surface area contributed by atoms with Gasteiger partial charge in [0.05, 0.1) is 18.5 Å². The zero-order valence-electron chi connectivity index (χ0n) is 19.5. The molecule has 0 aliphatic rings. The number of fused-ring (bicyclic) bond motifs is 3. The summed E-state index contributed by atoms with van der Waals surface area (Å²) in [4.78, 5) is 18.0. The lowest BCUT2D eigenvalue weighted by molar-refractivity contribution is 0.182. The molecule has 3 aromatic heterocycles. The third kappa shape index (κ3) is 4.49. The number of nitriles is 1. The maximum absolute atomic E-state index is 14.6. The molecule has 0 amide bonds. The number of nitrogens with zero attached hydrogens (tertiary/aromatic N) is 6. The Morgan fingerprint density at radius 3 is 2.91 bits per heavy atom. The van der Waals surface area contributed by atoms with E-state index in [0.29, 0.717) is 41.7 Å². The van der Waals surface area contributed by atoms with Gasteiger partial charge in [-0.3, -0.25) is 0 Å². The number of aryl methyl sites for hydroxylation is 1. The summed E-state index contributed by atoms with van der Waals surface area (Å²) in [6.07, 6.45) is 3.54. The Labute approximate surface area is 196 Å². The number of aliphatic imine (C=N–C) groups is 1. The van der Waals surface area contributed by atoms with E-state index >= 15 is 0 Å². The molecule has 3 heterocycles. The summed E-state index contributed by atoms with van der Waals surface area (Å²) in [5.74, 6) is 0.690. The van der Waals surface area contributed by atoms with Crippen LogP contribution in [0.5, 0.6) is 0 Å². The molecule has 0 fully saturated rings. The molecule has 0 bridgehead atoms. The third-order valence-corrected chi connectivity index (χ3v) is 5.54. The smallest absolute Gasteiger partial charge is 0.210 e. The number of H-pyrrole nitrogens is 1. The first kappa shape index (κ1) is 23.0. The number of anilines is 1. The maximum atomic E-state index is 14.6. The van der Waals surface area contributed by atoms with Crippen molar-refractivity contribution >= 4 is 33.8 Å². The summed E-state index contributed by atoms with van der Waals surface area (Å²) in [6, 6.07) is 6.77. The molecule has 0 spiro atoms. The number of imidazole rings is 1. The molecular weight excluding hydrogens is 437 g/mol. The van der Waals surface area contributed by atoms with Crippen LogP contribution in [0.25, 0.3) is 33.3 Å². The van der Waals surface area contributed by atoms with Crippen LogP contribution in [0.3, 0.4) is 0 Å². The highest BCUT2D eigenvalue weighted by Gasteiger charge is 2.16. The number of guanidine groups is 1. The lowest BCUT2D eigenvalue weighted by atomic mass is 10.1. The number of aromatic amines is 1. The summed E-state index contributed by atoms with van der Waals surface area (Å²) >= 11 is 0. The Bertz CT molecular complexity index is 1400. The second-order valence-corrected chi connectivity index (χ2v) is 7.86. The summed E-state index contributed by atoms with van der Waals surface area (Å²) in [7, 11) is 7.13. The van der Waals surface area contributed by atoms with E-state index in [9.17, 15) is 4.39 Å². The molecule has 34 heavy (non-hydrogen) atoms. The van der Waals surface area contributed by atoms with Crippen molar-refractivity contribution < 1.29 is 9.13 Å². The standard InChI is InChI=1S/C23H26FN9O/c1-26-22-19-20(33(3)13-29-19)17-10-18(30-21(17)31-22)15-7-14(8-16(24)9-15)11-27-23(28-12-25)32(2)5-6-34-4/h7-10,13H,5-6,11H2,1-4H3,(H,27,28)(H2,26,30,31). The molecule has 11 heteroatoms. The molecule has 0 unspecified atom stereocenters. The van der Waals surface area contributed by atoms with Crippen molar-refractivity contribution in [2.45, 2.75) is 6.54 Å². The molecule has 0 atom stereocenters. The van der Waals surface area contributed by atoms with Crippen LogP contribution in [0.2, 0.25) is 0 Å². The number of nitrogens with one attached hydrogen (secondary N) is 3. The van der Waals surface area contributed by atoms with Crippen LogP contribution < -0.4 is 10.6 Å². The number of hydrogen-bond donors (Lipinski definition) is 3. The second-order valence-electron chi connectivity index (χ2n) is 7.86. The van der Waals surface area contributed by atoms with Crippen molar-refractivity contribution in [3.8, 4) is 17.5 Å². The monoisotopic (exact) mass is 463 g/mol. The van der Waals surface area contributed by atoms with Gasteiger partial charge in [0, 0.05) is 58.0 Å². The fraction of sp³-hybridized carbons (Fsp3) is 0.304. The van der Waals surface area contributed by atoms with E-state index in [1.807, 2.05) is 23.7 Å². The molecule has 3 N–H and O–H groups in total. The zero-order valence-corrected chi connectivity index (χ0v) is 19.5. The van der Waals surface area contributed by atoms with Gasteiger partial charge in [-0.1, -0.05) is 0 Å². The Morgan fingerprint density at radius 1 is 1.35 bits per heavy atom. The highest BCUT2D eigenvalue weighted by Crippen LogP contribution is 2.32. The van der Waals surface area contributed by atoms with Gasteiger partial charge in [0.1, 0.15) is 17.0 Å². The lowest BCUT2D eigenvalue weighted by Gasteiger charge is -2.21. The predicted molar refractivity (Wildman–Crippen MR) is 130 cm³/mol. The second kappa shape index (κ2) is 9.76. The van der Waals surface area contributed by atoms with E-state index in [-0.39, 0.29) is 12.4 Å². The number of rotatable bonds is 7. The third-order valence-electron chi connectivity index (χ3n) is 5.54. The van der Waals surface area contributed by atoms with Gasteiger partial charge in [-0.2, -0.15) is 5.26 Å². The Balaban J connectivity index is 1.66. The normalized spacial score (nSPS) is 11.7. The van der Waals surface area contributed by atoms with Crippen molar-refractivity contribution in [2.75, 3.05) is 39.7 Å². The molecule has 0 aliphatic carbocycles. The zero-order chi connectivity index (χ0) is 24.2. The van der Waals surface area contributed by atoms with Crippen LogP contribution in [0.1, 0.15) is 5.56 Å². The first-order chi connectivity index (χ1) is 16.4. The Hall–Kier alpha value is -4.17. The van der Waals surface area contributed by atoms with Crippen molar-refractivity contribution in [2.24, 2.45) is 12.0 Å². The quantitative estimate of drug-likeness (QED) is 0.219. The summed E-state index contributed by atoms with van der Waals surface area (Å²) < 4.78 is 21.6. The van der Waals surface area contributed by atoms with Crippen LogP contribution in [0.4, 0.5) is 10.2 Å². The maximum Gasteiger partial charge on any atom is 0.210 e. The van der Waals surface area contributed by atoms with Crippen molar-refractivity contribution in [3.05, 3.63) is 42.0 Å². The summed E-state index contributed by atoms with van der Waals surface area (Å²) in [6.45, 7) is 1.33. The Morgan fingerprint density at radius 2 is 2.18 bits per heavy atom. The molecule has 4 rings (SSSR count). The van der Waals surface area contributed by atoms with Gasteiger partial charge >= 0.3 is 0 Å². The van der Waals surface area contributed by atoms with Gasteiger partial charge in [0.25, 0.3) is 0 Å². The highest BCUT2D eigenvalue weighted by molar-refractivity contribution is 6.07. The molecule has 0 aliphatic heterocycles. The number of pyridine rings is 1. The average molecular weight is 464 g/mol. The fourth-order valence-electron chi connectivity index (χ4n) is 3.86. The van der Waals surface area contributed by atoms with Crippen LogP contribution in [-0.4, -0.2) is 64.7 Å². The van der Waals surface area contributed by atoms with Crippen molar-refractivity contribution in [1.29, 1.82) is 5.26 Å². The number of ether oxygens (including phenoxy) is 1. The fourth-order valence-corrected chi connectivity index (χ4v) is 3.86. The van der Waals surface area contributed by atoms with Crippen LogP contribution in [-0.2, 0) is 18.3 Å². The number of methoxy groups -OCH3 is 1. The minimum atomic E-state index is -0.367. The van der Waals surface area contributed by atoms with Gasteiger partial charge in [-0.15, -0.1) is 4.99 Å². The summed E-state index contributed by atoms with van der Waals surface area (Å²) in [5, 5.41) is 16.1. The first-order valence-corrected chi connectivity index (χ1v) is 10.7.